The van der Waals surface area contributed by atoms with Crippen LogP contribution in [-0.2, 0) is 0 Å². The van der Waals surface area contributed by atoms with E-state index < -0.39 is 0 Å². The highest BCUT2D eigenvalue weighted by Crippen LogP contribution is 2.01. The van der Waals surface area contributed by atoms with Crippen LogP contribution in [0.4, 0.5) is 0 Å². The highest BCUT2D eigenvalue weighted by molar-refractivity contribution is 5.07. The highest BCUT2D eigenvalue weighted by Gasteiger charge is 1.88. The minimum Gasteiger partial charge on any atom is -0.490 e. The number of aromatic amines is 1. The fourth-order valence-corrected chi connectivity index (χ4v) is 0.440. The zero-order chi connectivity index (χ0) is 5.82. The van der Waals surface area contributed by atoms with Crippen LogP contribution in [0, 0.1) is 6.20 Å². The van der Waals surface area contributed by atoms with E-state index in [-0.39, 0.29) is 0 Å². The molecular weight excluding hydrogens is 104 g/mol. The molecule has 0 aliphatic rings. The fourth-order valence-electron chi connectivity index (χ4n) is 0.440. The Morgan fingerprint density at radius 2 is 2.88 bits per heavy atom. The van der Waals surface area contributed by atoms with Crippen molar-refractivity contribution in [3.05, 3.63) is 12.4 Å². The molecule has 3 nitrogen and oxygen atoms in total. The van der Waals surface area contributed by atoms with Crippen molar-refractivity contribution in [1.82, 2.24) is 10.2 Å². The number of nitrogens with zero attached hydrogens (tertiary/aromatic N) is 1. The van der Waals surface area contributed by atoms with Crippen molar-refractivity contribution in [2.75, 3.05) is 6.61 Å². The number of aromatic nitrogens is 2. The van der Waals surface area contributed by atoms with Crippen molar-refractivity contribution < 1.29 is 4.74 Å². The summed E-state index contributed by atoms with van der Waals surface area (Å²) >= 11 is 0. The van der Waals surface area contributed by atoms with Crippen LogP contribution in [-0.4, -0.2) is 16.8 Å². The van der Waals surface area contributed by atoms with Crippen molar-refractivity contribution in [3.8, 4) is 5.75 Å². The van der Waals surface area contributed by atoms with Gasteiger partial charge in [0.2, 0.25) is 0 Å². The van der Waals surface area contributed by atoms with Gasteiger partial charge in [0.05, 0.1) is 12.8 Å². The van der Waals surface area contributed by atoms with Crippen molar-refractivity contribution in [2.45, 2.75) is 6.92 Å². The van der Waals surface area contributed by atoms with Gasteiger partial charge >= 0.3 is 0 Å². The van der Waals surface area contributed by atoms with E-state index in [4.69, 9.17) is 4.74 Å². The van der Waals surface area contributed by atoms with Gasteiger partial charge in [-0.3, -0.25) is 5.10 Å². The maximum absolute atomic E-state index is 5.00. The third-order valence-corrected chi connectivity index (χ3v) is 0.726. The molecule has 0 aromatic carbocycles. The molecular formula is C5H7N2O. The molecule has 1 radical (unpaired) electrons. The molecule has 0 saturated carbocycles. The molecule has 1 aromatic rings. The van der Waals surface area contributed by atoms with Crippen molar-refractivity contribution in [3.63, 3.8) is 0 Å². The number of nitrogens with one attached hydrogen (secondary N) is 1. The summed E-state index contributed by atoms with van der Waals surface area (Å²) in [4.78, 5) is 0. The summed E-state index contributed by atoms with van der Waals surface area (Å²) in [6, 6.07) is 0. The van der Waals surface area contributed by atoms with E-state index in [0.29, 0.717) is 12.4 Å². The Morgan fingerprint density at radius 1 is 2.00 bits per heavy atom. The molecule has 8 heavy (non-hydrogen) atoms. The summed E-state index contributed by atoms with van der Waals surface area (Å²) in [5.74, 6) is 0.674. The fraction of sp³-hybridized carbons (Fsp3) is 0.400. The normalized spacial score (nSPS) is 9.12. The van der Waals surface area contributed by atoms with Gasteiger partial charge in [-0.05, 0) is 6.92 Å². The third kappa shape index (κ3) is 0.992. The summed E-state index contributed by atoms with van der Waals surface area (Å²) in [7, 11) is 0. The van der Waals surface area contributed by atoms with Gasteiger partial charge in [-0.1, -0.05) is 0 Å². The van der Waals surface area contributed by atoms with Crippen LogP contribution in [0.3, 0.4) is 0 Å². The van der Waals surface area contributed by atoms with Crippen molar-refractivity contribution in [1.29, 1.82) is 0 Å². The minimum atomic E-state index is 0.663. The monoisotopic (exact) mass is 111 g/mol. The molecule has 3 heteroatoms. The molecule has 0 saturated heterocycles. The Balaban J connectivity index is 2.50. The maximum atomic E-state index is 5.00. The van der Waals surface area contributed by atoms with Gasteiger partial charge in [-0.2, -0.15) is 5.10 Å². The van der Waals surface area contributed by atoms with Crippen LogP contribution in [0.25, 0.3) is 0 Å². The minimum absolute atomic E-state index is 0.663. The number of H-pyrrole nitrogens is 1. The summed E-state index contributed by atoms with van der Waals surface area (Å²) in [5, 5.41) is 6.15. The first-order valence-electron chi connectivity index (χ1n) is 2.47. The molecule has 0 bridgehead atoms. The number of hydrogen-bond acceptors (Lipinski definition) is 2. The van der Waals surface area contributed by atoms with Gasteiger partial charge in [0.25, 0.3) is 0 Å². The number of ether oxygens (including phenoxy) is 1. The molecule has 1 rings (SSSR count). The predicted molar refractivity (Wildman–Crippen MR) is 28.6 cm³/mol. The van der Waals surface area contributed by atoms with E-state index in [9.17, 15) is 0 Å². The first-order chi connectivity index (χ1) is 3.93. The zero-order valence-electron chi connectivity index (χ0n) is 4.64. The smallest absolute Gasteiger partial charge is 0.166 e. The molecule has 0 amide bonds. The molecule has 1 aromatic heterocycles. The van der Waals surface area contributed by atoms with Crippen LogP contribution in [0.15, 0.2) is 6.20 Å². The van der Waals surface area contributed by atoms with Gasteiger partial charge in [0.15, 0.2) is 11.9 Å². The summed E-state index contributed by atoms with van der Waals surface area (Å²) in [6.45, 7) is 2.58. The second kappa shape index (κ2) is 2.35. The Labute approximate surface area is 47.7 Å². The van der Waals surface area contributed by atoms with Gasteiger partial charge in [-0.25, -0.2) is 0 Å². The Kier molecular flexibility index (Phi) is 1.51. The molecule has 1 heterocycles. The van der Waals surface area contributed by atoms with E-state index >= 15 is 0 Å². The average Bonchev–Trinajstić information content (AvgIpc) is 2.19. The lowest BCUT2D eigenvalue weighted by Gasteiger charge is -1.92. The third-order valence-electron chi connectivity index (χ3n) is 0.726. The van der Waals surface area contributed by atoms with Gasteiger partial charge in [0, 0.05) is 0 Å². The topological polar surface area (TPSA) is 37.9 Å². The molecule has 0 fully saturated rings. The lowest BCUT2D eigenvalue weighted by molar-refractivity contribution is 0.339. The molecule has 0 unspecified atom stereocenters. The van der Waals surface area contributed by atoms with Gasteiger partial charge in [0.1, 0.15) is 0 Å². The van der Waals surface area contributed by atoms with E-state index in [1.165, 1.54) is 0 Å². The predicted octanol–water partition coefficient (Wildman–Crippen LogP) is 0.609. The van der Waals surface area contributed by atoms with Crippen LogP contribution in [0.5, 0.6) is 5.75 Å². The van der Waals surface area contributed by atoms with Crippen LogP contribution in [0.2, 0.25) is 0 Å². The van der Waals surface area contributed by atoms with Gasteiger partial charge < -0.3 is 4.74 Å². The standard InChI is InChI=1S/C5H7N2O/c1-2-8-5-3-6-7-4-5/h3H,2H2,1H3,(H,6,7). The Bertz CT molecular complexity index is 136. The van der Waals surface area contributed by atoms with E-state index in [1.807, 2.05) is 6.92 Å². The first-order valence-corrected chi connectivity index (χ1v) is 2.47. The van der Waals surface area contributed by atoms with Crippen molar-refractivity contribution in [2.24, 2.45) is 0 Å². The first kappa shape index (κ1) is 5.15. The van der Waals surface area contributed by atoms with Gasteiger partial charge in [-0.15, -0.1) is 0 Å². The highest BCUT2D eigenvalue weighted by atomic mass is 16.5. The van der Waals surface area contributed by atoms with E-state index in [1.54, 1.807) is 6.20 Å². The van der Waals surface area contributed by atoms with Crippen molar-refractivity contribution >= 4 is 0 Å². The number of rotatable bonds is 2. The van der Waals surface area contributed by atoms with Crippen LogP contribution in [0.1, 0.15) is 6.92 Å². The largest absolute Gasteiger partial charge is 0.490 e. The molecule has 43 valence electrons. The van der Waals surface area contributed by atoms with Crippen LogP contribution >= 0.6 is 0 Å². The quantitative estimate of drug-likeness (QED) is 0.607. The number of hydrogen-bond donors (Lipinski definition) is 1. The SMILES string of the molecule is CCOc1[c]n[nH]c1. The second-order valence-electron chi connectivity index (χ2n) is 1.29. The average molecular weight is 111 g/mol. The summed E-state index contributed by atoms with van der Waals surface area (Å²) in [6.07, 6.45) is 4.27. The van der Waals surface area contributed by atoms with Crippen LogP contribution < -0.4 is 4.74 Å². The van der Waals surface area contributed by atoms with E-state index in [0.717, 1.165) is 0 Å². The lowest BCUT2D eigenvalue weighted by atomic mass is 10.6. The molecule has 0 aliphatic heterocycles. The molecule has 1 N–H and O–H groups in total. The lowest BCUT2D eigenvalue weighted by Crippen LogP contribution is -1.88. The second-order valence-corrected chi connectivity index (χ2v) is 1.29. The summed E-state index contributed by atoms with van der Waals surface area (Å²) < 4.78 is 5.00. The van der Waals surface area contributed by atoms with E-state index in [2.05, 4.69) is 16.4 Å². The maximum Gasteiger partial charge on any atom is 0.166 e. The Hall–Kier alpha value is -0.990. The molecule has 0 spiro atoms. The zero-order valence-corrected chi connectivity index (χ0v) is 4.64. The molecule has 0 aliphatic carbocycles. The molecule has 0 atom stereocenters. The summed E-state index contributed by atoms with van der Waals surface area (Å²) in [5.41, 5.74) is 0. The Morgan fingerprint density at radius 3 is 3.38 bits per heavy atom.